The summed E-state index contributed by atoms with van der Waals surface area (Å²) in [7, 11) is 0. The monoisotopic (exact) mass is 291 g/mol. The van der Waals surface area contributed by atoms with Crippen molar-refractivity contribution in [1.82, 2.24) is 5.32 Å². The molecule has 0 heterocycles. The van der Waals surface area contributed by atoms with Crippen molar-refractivity contribution in [3.8, 4) is 5.75 Å². The minimum Gasteiger partial charge on any atom is -0.406 e. The molecular weight excluding hydrogens is 271 g/mol. The van der Waals surface area contributed by atoms with Gasteiger partial charge in [0.1, 0.15) is 5.75 Å². The van der Waals surface area contributed by atoms with Crippen LogP contribution >= 0.6 is 0 Å². The van der Waals surface area contributed by atoms with Crippen LogP contribution < -0.4 is 10.1 Å². The molecule has 0 aliphatic heterocycles. The molecule has 0 aliphatic carbocycles. The van der Waals surface area contributed by atoms with E-state index in [4.69, 9.17) is 0 Å². The van der Waals surface area contributed by atoms with E-state index in [9.17, 15) is 18.3 Å². The van der Waals surface area contributed by atoms with E-state index in [0.29, 0.717) is 24.9 Å². The molecule has 0 saturated carbocycles. The zero-order valence-corrected chi connectivity index (χ0v) is 11.6. The summed E-state index contributed by atoms with van der Waals surface area (Å²) in [4.78, 5) is 0. The summed E-state index contributed by atoms with van der Waals surface area (Å²) in [6, 6.07) is 5.77. The first-order chi connectivity index (χ1) is 9.31. The van der Waals surface area contributed by atoms with Gasteiger partial charge in [-0.25, -0.2) is 0 Å². The lowest BCUT2D eigenvalue weighted by Gasteiger charge is -2.17. The van der Waals surface area contributed by atoms with Crippen molar-refractivity contribution in [2.75, 3.05) is 6.54 Å². The topological polar surface area (TPSA) is 41.5 Å². The average molecular weight is 291 g/mol. The van der Waals surface area contributed by atoms with Crippen molar-refractivity contribution in [3.05, 3.63) is 29.8 Å². The number of nitrogens with one attached hydrogen (secondary N) is 1. The number of hydrogen-bond donors (Lipinski definition) is 2. The lowest BCUT2D eigenvalue weighted by atomic mass is 10.1. The van der Waals surface area contributed by atoms with Crippen LogP contribution in [0.2, 0.25) is 0 Å². The molecule has 6 heteroatoms. The van der Waals surface area contributed by atoms with Gasteiger partial charge in [0.15, 0.2) is 0 Å². The molecule has 2 atom stereocenters. The van der Waals surface area contributed by atoms with Crippen molar-refractivity contribution in [1.29, 1.82) is 0 Å². The molecule has 3 nitrogen and oxygen atoms in total. The molecule has 0 bridgehead atoms. The van der Waals surface area contributed by atoms with Gasteiger partial charge in [-0.15, -0.1) is 13.2 Å². The molecule has 0 fully saturated rings. The molecule has 0 aliphatic rings. The van der Waals surface area contributed by atoms with Gasteiger partial charge in [0.2, 0.25) is 0 Å². The molecule has 2 unspecified atom stereocenters. The van der Waals surface area contributed by atoms with Gasteiger partial charge in [-0.2, -0.15) is 0 Å². The molecule has 0 aromatic heterocycles. The maximum Gasteiger partial charge on any atom is 0.573 e. The molecule has 0 spiro atoms. The van der Waals surface area contributed by atoms with E-state index < -0.39 is 6.36 Å². The number of aliphatic hydroxyl groups excluding tert-OH is 1. The van der Waals surface area contributed by atoms with Crippen molar-refractivity contribution in [2.45, 2.75) is 45.2 Å². The van der Waals surface area contributed by atoms with Crippen molar-refractivity contribution < 1.29 is 23.0 Å². The molecule has 2 N–H and O–H groups in total. The number of hydrogen-bond acceptors (Lipinski definition) is 3. The largest absolute Gasteiger partial charge is 0.573 e. The van der Waals surface area contributed by atoms with Crippen LogP contribution in [0.15, 0.2) is 24.3 Å². The molecule has 20 heavy (non-hydrogen) atoms. The van der Waals surface area contributed by atoms with Crippen LogP contribution in [0.5, 0.6) is 5.75 Å². The maximum absolute atomic E-state index is 12.1. The third-order valence-corrected chi connectivity index (χ3v) is 2.99. The Bertz CT molecular complexity index is 410. The zero-order valence-electron chi connectivity index (χ0n) is 11.6. The Hall–Kier alpha value is -1.27. The van der Waals surface area contributed by atoms with Gasteiger partial charge in [-0.05, 0) is 44.0 Å². The minimum absolute atomic E-state index is 0.115. The summed E-state index contributed by atoms with van der Waals surface area (Å²) in [6.07, 6.45) is -3.74. The summed E-state index contributed by atoms with van der Waals surface area (Å²) < 4.78 is 40.3. The highest BCUT2D eigenvalue weighted by molar-refractivity contribution is 5.30. The molecule has 0 amide bonds. The second-order valence-corrected chi connectivity index (χ2v) is 4.65. The Morgan fingerprint density at radius 1 is 1.35 bits per heavy atom. The fraction of sp³-hybridized carbons (Fsp3) is 0.571. The average Bonchev–Trinajstić information content (AvgIpc) is 2.36. The Morgan fingerprint density at radius 2 is 2.05 bits per heavy atom. The van der Waals surface area contributed by atoms with Gasteiger partial charge in [0.05, 0.1) is 6.10 Å². The first-order valence-electron chi connectivity index (χ1n) is 6.59. The number of alkyl halides is 3. The molecular formula is C14H20F3NO2. The first kappa shape index (κ1) is 16.8. The lowest BCUT2D eigenvalue weighted by Crippen LogP contribution is -2.23. The maximum atomic E-state index is 12.1. The lowest BCUT2D eigenvalue weighted by molar-refractivity contribution is -0.274. The predicted molar refractivity (Wildman–Crippen MR) is 70.5 cm³/mol. The number of halogens is 3. The Labute approximate surface area is 116 Å². The second-order valence-electron chi connectivity index (χ2n) is 4.65. The van der Waals surface area contributed by atoms with E-state index in [1.165, 1.54) is 18.2 Å². The number of rotatable bonds is 7. The second kappa shape index (κ2) is 7.50. The van der Waals surface area contributed by atoms with Crippen LogP contribution in [0.3, 0.4) is 0 Å². The fourth-order valence-corrected chi connectivity index (χ4v) is 1.77. The molecule has 0 saturated heterocycles. The van der Waals surface area contributed by atoms with Crippen LogP contribution in [0.1, 0.15) is 38.3 Å². The molecule has 0 radical (unpaired) electrons. The summed E-state index contributed by atoms with van der Waals surface area (Å²) >= 11 is 0. The third-order valence-electron chi connectivity index (χ3n) is 2.99. The Kier molecular flexibility index (Phi) is 6.29. The fourth-order valence-electron chi connectivity index (χ4n) is 1.77. The molecule has 114 valence electrons. The number of benzene rings is 1. The smallest absolute Gasteiger partial charge is 0.406 e. The highest BCUT2D eigenvalue weighted by Gasteiger charge is 2.31. The van der Waals surface area contributed by atoms with E-state index in [1.807, 2.05) is 13.8 Å². The third kappa shape index (κ3) is 6.25. The molecule has 1 rings (SSSR count). The summed E-state index contributed by atoms with van der Waals surface area (Å²) in [5.41, 5.74) is 0.706. The van der Waals surface area contributed by atoms with Crippen molar-refractivity contribution in [3.63, 3.8) is 0 Å². The zero-order chi connectivity index (χ0) is 15.2. The van der Waals surface area contributed by atoms with Gasteiger partial charge in [0.25, 0.3) is 0 Å². The van der Waals surface area contributed by atoms with Gasteiger partial charge in [-0.3, -0.25) is 0 Å². The minimum atomic E-state index is -4.68. The Morgan fingerprint density at radius 3 is 2.65 bits per heavy atom. The van der Waals surface area contributed by atoms with Gasteiger partial charge in [-0.1, -0.05) is 19.1 Å². The van der Waals surface area contributed by atoms with Crippen molar-refractivity contribution in [2.24, 2.45) is 0 Å². The van der Waals surface area contributed by atoms with Crippen LogP contribution in [0.25, 0.3) is 0 Å². The van der Waals surface area contributed by atoms with E-state index in [0.717, 1.165) is 0 Å². The van der Waals surface area contributed by atoms with Gasteiger partial charge < -0.3 is 15.2 Å². The van der Waals surface area contributed by atoms with Crippen LogP contribution in [0.4, 0.5) is 13.2 Å². The van der Waals surface area contributed by atoms with Crippen LogP contribution in [0, 0.1) is 0 Å². The van der Waals surface area contributed by atoms with E-state index in [-0.39, 0.29) is 17.9 Å². The summed E-state index contributed by atoms with van der Waals surface area (Å²) in [5.74, 6) is -0.225. The Balaban J connectivity index is 2.55. The molecule has 1 aromatic rings. The number of ether oxygens (including phenoxy) is 1. The van der Waals surface area contributed by atoms with Crippen molar-refractivity contribution >= 4 is 0 Å². The highest BCUT2D eigenvalue weighted by atomic mass is 19.4. The highest BCUT2D eigenvalue weighted by Crippen LogP contribution is 2.25. The van der Waals surface area contributed by atoms with Crippen LogP contribution in [-0.2, 0) is 0 Å². The number of aliphatic hydroxyl groups is 1. The quantitative estimate of drug-likeness (QED) is 0.809. The normalized spacial score (nSPS) is 14.9. The van der Waals surface area contributed by atoms with E-state index in [1.54, 1.807) is 6.07 Å². The summed E-state index contributed by atoms with van der Waals surface area (Å²) in [5, 5.41) is 12.6. The van der Waals surface area contributed by atoms with Gasteiger partial charge >= 0.3 is 6.36 Å². The van der Waals surface area contributed by atoms with E-state index >= 15 is 0 Å². The van der Waals surface area contributed by atoms with Crippen LogP contribution in [-0.4, -0.2) is 24.1 Å². The molecule has 1 aromatic carbocycles. The first-order valence-corrected chi connectivity index (χ1v) is 6.59. The van der Waals surface area contributed by atoms with Gasteiger partial charge in [0, 0.05) is 6.04 Å². The predicted octanol–water partition coefficient (Wildman–Crippen LogP) is 3.40. The SMILES string of the molecule is CCC(O)CCNC(C)c1cccc(OC(F)(F)F)c1. The summed E-state index contributed by atoms with van der Waals surface area (Å²) in [6.45, 7) is 4.34. The standard InChI is InChI=1S/C14H20F3NO2/c1-3-12(19)7-8-18-10(2)11-5-4-6-13(9-11)20-14(15,16)17/h4-6,9-10,12,18-19H,3,7-8H2,1-2H3. The van der Waals surface area contributed by atoms with E-state index in [2.05, 4.69) is 10.1 Å².